The number of carbonyl (C=O) groups is 1. The number of aliphatic hydroxyl groups excluding tert-OH is 2. The molecule has 1 saturated heterocycles. The van der Waals surface area contributed by atoms with Gasteiger partial charge in [-0.05, 0) is 47.9 Å². The van der Waals surface area contributed by atoms with Crippen molar-refractivity contribution in [1.82, 2.24) is 4.90 Å². The van der Waals surface area contributed by atoms with Crippen LogP contribution in [0.2, 0.25) is 0 Å². The molecule has 4 rings (SSSR count). The van der Waals surface area contributed by atoms with E-state index in [-0.39, 0.29) is 13.0 Å². The number of nitrogens with zero attached hydrogens (tertiary/aromatic N) is 7. The lowest BCUT2D eigenvalue weighted by atomic mass is 9.72. The molecule has 0 aromatic heterocycles. The molecule has 0 radical (unpaired) electrons. The van der Waals surface area contributed by atoms with Crippen LogP contribution in [0, 0.1) is 5.92 Å². The maximum atomic E-state index is 13.6. The minimum Gasteiger partial charge on any atom is -0.445 e. The maximum Gasteiger partial charge on any atom is 0.410 e. The summed E-state index contributed by atoms with van der Waals surface area (Å²) in [6, 6.07) is 16.3. The predicted octanol–water partition coefficient (Wildman–Crippen LogP) is 4.58. The highest BCUT2D eigenvalue weighted by molar-refractivity contribution is 5.68. The summed E-state index contributed by atoms with van der Waals surface area (Å²) >= 11 is 0. The summed E-state index contributed by atoms with van der Waals surface area (Å²) in [5, 5.41) is 29.3. The maximum absolute atomic E-state index is 13.6. The Hall–Kier alpha value is -3.83. The number of hydrogen-bond donors (Lipinski definition) is 3. The molecule has 224 valence electrons. The lowest BCUT2D eigenvalue weighted by Crippen LogP contribution is -2.62. The molecule has 1 amide bonds. The highest BCUT2D eigenvalue weighted by atomic mass is 16.6. The van der Waals surface area contributed by atoms with E-state index in [0.29, 0.717) is 25.8 Å². The fourth-order valence-corrected chi connectivity index (χ4v) is 6.15. The number of azide groups is 2. The van der Waals surface area contributed by atoms with Gasteiger partial charge >= 0.3 is 6.09 Å². The summed E-state index contributed by atoms with van der Waals surface area (Å²) in [7, 11) is 0. The van der Waals surface area contributed by atoms with Gasteiger partial charge in [0.25, 0.3) is 0 Å². The number of ether oxygens (including phenoxy) is 2. The van der Waals surface area contributed by atoms with Crippen molar-refractivity contribution in [2.24, 2.45) is 21.9 Å². The third kappa shape index (κ3) is 7.32. The summed E-state index contributed by atoms with van der Waals surface area (Å²) in [5.74, 6) is -0.844. The average Bonchev–Trinajstić information content (AvgIpc) is 3.01. The first-order chi connectivity index (χ1) is 20.4. The quantitative estimate of drug-likeness (QED) is 0.209. The summed E-state index contributed by atoms with van der Waals surface area (Å²) in [6.45, 7) is 2.38. The minimum absolute atomic E-state index is 0.0391. The highest BCUT2D eigenvalue weighted by Crippen LogP contribution is 2.38. The average molecular weight is 579 g/mol. The van der Waals surface area contributed by atoms with E-state index in [1.807, 2.05) is 67.6 Å². The van der Waals surface area contributed by atoms with Gasteiger partial charge in [-0.3, -0.25) is 4.90 Å². The molecule has 1 aliphatic heterocycles. The molecule has 3 unspecified atom stereocenters. The third-order valence-electron chi connectivity index (χ3n) is 8.27. The Bertz CT molecular complexity index is 1260. The van der Waals surface area contributed by atoms with Crippen LogP contribution >= 0.6 is 0 Å². The van der Waals surface area contributed by atoms with E-state index >= 15 is 0 Å². The first-order valence-corrected chi connectivity index (χ1v) is 14.2. The van der Waals surface area contributed by atoms with Gasteiger partial charge in [-0.2, -0.15) is 0 Å². The van der Waals surface area contributed by atoms with Gasteiger partial charge in [0.1, 0.15) is 6.61 Å². The Morgan fingerprint density at radius 3 is 2.26 bits per heavy atom. The number of aliphatic hydroxyl groups is 2. The molecule has 2 fully saturated rings. The first kappa shape index (κ1) is 31.1. The molecule has 0 bridgehead atoms. The molecule has 0 spiro atoms. The second-order valence-corrected chi connectivity index (χ2v) is 10.8. The Labute approximate surface area is 244 Å². The number of benzene rings is 2. The van der Waals surface area contributed by atoms with Crippen molar-refractivity contribution in [3.05, 3.63) is 92.7 Å². The summed E-state index contributed by atoms with van der Waals surface area (Å²) in [5.41, 5.74) is 26.4. The summed E-state index contributed by atoms with van der Waals surface area (Å²) in [4.78, 5) is 21.0. The number of nitrogens with two attached hydrogens (primary N) is 1. The number of hydrogen-bond acceptors (Lipinski definition) is 8. The van der Waals surface area contributed by atoms with E-state index in [2.05, 4.69) is 20.1 Å². The molecule has 2 aliphatic rings. The Kier molecular flexibility index (Phi) is 11.0. The highest BCUT2D eigenvalue weighted by Gasteiger charge is 2.50. The normalized spacial score (nSPS) is 29.8. The van der Waals surface area contributed by atoms with Gasteiger partial charge < -0.3 is 25.4 Å². The van der Waals surface area contributed by atoms with Gasteiger partial charge in [0, 0.05) is 34.4 Å². The van der Waals surface area contributed by atoms with Crippen molar-refractivity contribution in [3.63, 3.8) is 0 Å². The predicted molar refractivity (Wildman–Crippen MR) is 155 cm³/mol. The molecular weight excluding hydrogens is 540 g/mol. The molecule has 42 heavy (non-hydrogen) atoms. The van der Waals surface area contributed by atoms with Crippen molar-refractivity contribution in [1.29, 1.82) is 0 Å². The van der Waals surface area contributed by atoms with Crippen molar-refractivity contribution in [2.75, 3.05) is 0 Å². The molecule has 2 aromatic rings. The van der Waals surface area contributed by atoms with Crippen LogP contribution in [0.3, 0.4) is 0 Å². The van der Waals surface area contributed by atoms with E-state index < -0.39 is 60.6 Å². The standard InChI is InChI=1S/C29H38N8O5/c1-2-23(37(16-18-9-5-3-6-10-18)29(40)41-17-19-11-7-4-8-12-19)24-14-13-20(30)28(42-24)25-21(33-35-31)15-22(34-36-32)26(38)27(25)39/h3-12,20-28,38-39H,2,13-17,30H2,1H3/t20-,21?,22?,23-,24+,25?,26+,27+,28+/m1/s1. The lowest BCUT2D eigenvalue weighted by Gasteiger charge is -2.49. The summed E-state index contributed by atoms with van der Waals surface area (Å²) < 4.78 is 12.3. The zero-order valence-electron chi connectivity index (χ0n) is 23.5. The van der Waals surface area contributed by atoms with Gasteiger partial charge in [0.2, 0.25) is 0 Å². The SMILES string of the molecule is CC[C@H]([C@@H]1CC[C@@H](N)[C@@H](C2C(N=[N+]=[N-])CC(N=[N+]=[N-])[C@H](O)[C@H]2O)O1)N(Cc1ccccc1)C(=O)OCc1ccccc1. The fourth-order valence-electron chi connectivity index (χ4n) is 6.15. The van der Waals surface area contributed by atoms with Crippen LogP contribution in [-0.4, -0.2) is 69.8 Å². The monoisotopic (exact) mass is 578 g/mol. The van der Waals surface area contributed by atoms with Crippen LogP contribution in [0.5, 0.6) is 0 Å². The Morgan fingerprint density at radius 1 is 1.02 bits per heavy atom. The topological polar surface area (TPSA) is 203 Å². The number of amides is 1. The van der Waals surface area contributed by atoms with Crippen LogP contribution in [0.25, 0.3) is 20.9 Å². The van der Waals surface area contributed by atoms with Crippen LogP contribution < -0.4 is 5.73 Å². The van der Waals surface area contributed by atoms with Crippen LogP contribution in [0.15, 0.2) is 70.9 Å². The first-order valence-electron chi connectivity index (χ1n) is 14.2. The van der Waals surface area contributed by atoms with Gasteiger partial charge in [0.15, 0.2) is 0 Å². The van der Waals surface area contributed by atoms with Crippen molar-refractivity contribution >= 4 is 6.09 Å². The molecule has 13 nitrogen and oxygen atoms in total. The third-order valence-corrected chi connectivity index (χ3v) is 8.27. The van der Waals surface area contributed by atoms with Crippen molar-refractivity contribution in [3.8, 4) is 0 Å². The second-order valence-electron chi connectivity index (χ2n) is 10.8. The zero-order chi connectivity index (χ0) is 30.1. The molecule has 1 saturated carbocycles. The Balaban J connectivity index is 1.59. The fraction of sp³-hybridized carbons (Fsp3) is 0.552. The lowest BCUT2D eigenvalue weighted by molar-refractivity contribution is -0.165. The molecule has 1 heterocycles. The smallest absolute Gasteiger partial charge is 0.410 e. The molecule has 1 aliphatic carbocycles. The van der Waals surface area contributed by atoms with Gasteiger partial charge in [-0.25, -0.2) is 4.79 Å². The van der Waals surface area contributed by atoms with Gasteiger partial charge in [-0.15, -0.1) is 0 Å². The molecule has 2 aromatic carbocycles. The summed E-state index contributed by atoms with van der Waals surface area (Å²) in [6.07, 6.45) is -2.87. The van der Waals surface area contributed by atoms with Crippen molar-refractivity contribution < 1.29 is 24.5 Å². The number of carbonyl (C=O) groups excluding carboxylic acids is 1. The molecular formula is C29H38N8O5. The zero-order valence-corrected chi connectivity index (χ0v) is 23.5. The van der Waals surface area contributed by atoms with Gasteiger partial charge in [-0.1, -0.05) is 77.8 Å². The van der Waals surface area contributed by atoms with Gasteiger partial charge in [0.05, 0.1) is 36.5 Å². The molecule has 9 atom stereocenters. The van der Waals surface area contributed by atoms with E-state index in [1.165, 1.54) is 0 Å². The molecule has 13 heteroatoms. The van der Waals surface area contributed by atoms with E-state index in [9.17, 15) is 20.5 Å². The van der Waals surface area contributed by atoms with E-state index in [0.717, 1.165) is 11.1 Å². The van der Waals surface area contributed by atoms with E-state index in [1.54, 1.807) is 4.90 Å². The molecule has 4 N–H and O–H groups in total. The van der Waals surface area contributed by atoms with Crippen LogP contribution in [0.4, 0.5) is 4.79 Å². The minimum atomic E-state index is -1.41. The number of rotatable bonds is 10. The second kappa shape index (κ2) is 14.9. The van der Waals surface area contributed by atoms with Crippen LogP contribution in [-0.2, 0) is 22.6 Å². The largest absolute Gasteiger partial charge is 0.445 e. The Morgan fingerprint density at radius 2 is 1.64 bits per heavy atom. The van der Waals surface area contributed by atoms with Crippen LogP contribution in [0.1, 0.15) is 43.7 Å². The van der Waals surface area contributed by atoms with E-state index in [4.69, 9.17) is 20.7 Å². The van der Waals surface area contributed by atoms with Crippen molar-refractivity contribution in [2.45, 2.75) is 94.3 Å².